The van der Waals surface area contributed by atoms with Gasteiger partial charge in [-0.1, -0.05) is 53.7 Å². The summed E-state index contributed by atoms with van der Waals surface area (Å²) >= 11 is 0. The molecule has 0 aromatic heterocycles. The van der Waals surface area contributed by atoms with Crippen LogP contribution in [0.4, 0.5) is 0 Å². The SMILES string of the molecule is CCC(C)(C)c1ccc(OCCCC(=O)O)c(C(C)(C)CC)c1. The van der Waals surface area contributed by atoms with Crippen LogP contribution >= 0.6 is 0 Å². The van der Waals surface area contributed by atoms with Gasteiger partial charge >= 0.3 is 5.97 Å². The second-order valence-corrected chi connectivity index (χ2v) is 7.53. The minimum atomic E-state index is -0.775. The predicted octanol–water partition coefficient (Wildman–Crippen LogP) is 5.31. The van der Waals surface area contributed by atoms with Gasteiger partial charge in [0.15, 0.2) is 0 Å². The molecule has 0 aliphatic rings. The number of carboxylic acid groups (broad SMARTS) is 1. The van der Waals surface area contributed by atoms with Crippen LogP contribution in [-0.4, -0.2) is 17.7 Å². The Morgan fingerprint density at radius 2 is 1.70 bits per heavy atom. The fourth-order valence-corrected chi connectivity index (χ4v) is 2.41. The molecule has 0 aliphatic carbocycles. The first-order chi connectivity index (χ1) is 10.6. The van der Waals surface area contributed by atoms with E-state index in [-0.39, 0.29) is 17.3 Å². The van der Waals surface area contributed by atoms with Gasteiger partial charge in [-0.05, 0) is 41.7 Å². The highest BCUT2D eigenvalue weighted by Crippen LogP contribution is 2.38. The normalized spacial score (nSPS) is 12.3. The van der Waals surface area contributed by atoms with E-state index in [4.69, 9.17) is 9.84 Å². The molecule has 0 aliphatic heterocycles. The van der Waals surface area contributed by atoms with Crippen LogP contribution in [0.1, 0.15) is 78.4 Å². The van der Waals surface area contributed by atoms with Gasteiger partial charge in [-0.25, -0.2) is 0 Å². The van der Waals surface area contributed by atoms with Gasteiger partial charge in [0.05, 0.1) is 6.61 Å². The van der Waals surface area contributed by atoms with Crippen LogP contribution in [0.5, 0.6) is 5.75 Å². The summed E-state index contributed by atoms with van der Waals surface area (Å²) < 4.78 is 5.91. The molecule has 0 saturated carbocycles. The molecule has 23 heavy (non-hydrogen) atoms. The summed E-state index contributed by atoms with van der Waals surface area (Å²) in [4.78, 5) is 10.6. The third-order valence-electron chi connectivity index (χ3n) is 5.05. The minimum Gasteiger partial charge on any atom is -0.493 e. The standard InChI is InChI=1S/C20H32O3/c1-7-19(3,4)15-11-12-17(23-13-9-10-18(21)22)16(14-15)20(5,6)8-2/h11-12,14H,7-10,13H2,1-6H3,(H,21,22). The maximum absolute atomic E-state index is 10.6. The van der Waals surface area contributed by atoms with Crippen molar-refractivity contribution in [3.63, 3.8) is 0 Å². The molecule has 0 unspecified atom stereocenters. The maximum Gasteiger partial charge on any atom is 0.303 e. The highest BCUT2D eigenvalue weighted by atomic mass is 16.5. The minimum absolute atomic E-state index is 0.0297. The Kier molecular flexibility index (Phi) is 6.67. The number of carboxylic acids is 1. The Morgan fingerprint density at radius 3 is 2.22 bits per heavy atom. The van der Waals surface area contributed by atoms with Crippen LogP contribution in [0, 0.1) is 0 Å². The number of aliphatic carboxylic acids is 1. The van der Waals surface area contributed by atoms with Gasteiger partial charge in [-0.3, -0.25) is 4.79 Å². The van der Waals surface area contributed by atoms with Crippen LogP contribution in [0.2, 0.25) is 0 Å². The zero-order chi connectivity index (χ0) is 17.7. The van der Waals surface area contributed by atoms with Gasteiger partial charge in [0, 0.05) is 12.0 Å². The van der Waals surface area contributed by atoms with Crippen LogP contribution in [0.15, 0.2) is 18.2 Å². The van der Waals surface area contributed by atoms with Crippen molar-refractivity contribution in [2.24, 2.45) is 0 Å². The van der Waals surface area contributed by atoms with Crippen LogP contribution < -0.4 is 4.74 Å². The first-order valence-electron chi connectivity index (χ1n) is 8.63. The summed E-state index contributed by atoms with van der Waals surface area (Å²) in [5.41, 5.74) is 2.71. The van der Waals surface area contributed by atoms with E-state index < -0.39 is 5.97 Å². The second kappa shape index (κ2) is 7.85. The lowest BCUT2D eigenvalue weighted by atomic mass is 9.76. The Morgan fingerprint density at radius 1 is 1.09 bits per heavy atom. The zero-order valence-corrected chi connectivity index (χ0v) is 15.5. The van der Waals surface area contributed by atoms with Crippen molar-refractivity contribution in [3.05, 3.63) is 29.3 Å². The van der Waals surface area contributed by atoms with Crippen LogP contribution in [0.25, 0.3) is 0 Å². The molecule has 3 nitrogen and oxygen atoms in total. The molecule has 130 valence electrons. The molecule has 1 aromatic rings. The van der Waals surface area contributed by atoms with E-state index in [1.165, 1.54) is 11.1 Å². The van der Waals surface area contributed by atoms with Crippen molar-refractivity contribution in [2.75, 3.05) is 6.61 Å². The Balaban J connectivity index is 3.07. The van der Waals surface area contributed by atoms with Crippen molar-refractivity contribution >= 4 is 5.97 Å². The third-order valence-corrected chi connectivity index (χ3v) is 5.05. The van der Waals surface area contributed by atoms with Gasteiger partial charge in [-0.15, -0.1) is 0 Å². The number of hydrogen-bond acceptors (Lipinski definition) is 2. The van der Waals surface area contributed by atoms with Gasteiger partial charge in [0.2, 0.25) is 0 Å². The van der Waals surface area contributed by atoms with Crippen LogP contribution in [-0.2, 0) is 15.6 Å². The Hall–Kier alpha value is -1.51. The largest absolute Gasteiger partial charge is 0.493 e. The average Bonchev–Trinajstić information content (AvgIpc) is 2.51. The summed E-state index contributed by atoms with van der Waals surface area (Å²) in [6.45, 7) is 13.8. The molecular weight excluding hydrogens is 288 g/mol. The molecular formula is C20H32O3. The molecule has 0 amide bonds. The van der Waals surface area contributed by atoms with E-state index in [9.17, 15) is 4.79 Å². The molecule has 3 heteroatoms. The van der Waals surface area contributed by atoms with E-state index >= 15 is 0 Å². The summed E-state index contributed by atoms with van der Waals surface area (Å²) in [7, 11) is 0. The molecule has 0 saturated heterocycles. The number of rotatable bonds is 9. The number of carbonyl (C=O) groups is 1. The topological polar surface area (TPSA) is 46.5 Å². The number of hydrogen-bond donors (Lipinski definition) is 1. The van der Waals surface area contributed by atoms with E-state index in [0.717, 1.165) is 18.6 Å². The first-order valence-corrected chi connectivity index (χ1v) is 8.63. The summed E-state index contributed by atoms with van der Waals surface area (Å²) in [5.74, 6) is 0.112. The number of ether oxygens (including phenoxy) is 1. The monoisotopic (exact) mass is 320 g/mol. The molecule has 0 bridgehead atoms. The quantitative estimate of drug-likeness (QED) is 0.628. The summed E-state index contributed by atoms with van der Waals surface area (Å²) in [6.07, 6.45) is 2.78. The lowest BCUT2D eigenvalue weighted by Gasteiger charge is -2.30. The van der Waals surface area contributed by atoms with Crippen molar-refractivity contribution in [3.8, 4) is 5.75 Å². The van der Waals surface area contributed by atoms with Crippen molar-refractivity contribution < 1.29 is 14.6 Å². The molecule has 0 fully saturated rings. The van der Waals surface area contributed by atoms with Crippen molar-refractivity contribution in [1.82, 2.24) is 0 Å². The summed E-state index contributed by atoms with van der Waals surface area (Å²) in [6, 6.07) is 6.48. The molecule has 0 atom stereocenters. The van der Waals surface area contributed by atoms with Crippen molar-refractivity contribution in [1.29, 1.82) is 0 Å². The van der Waals surface area contributed by atoms with Gasteiger partial charge in [0.25, 0.3) is 0 Å². The van der Waals surface area contributed by atoms with Gasteiger partial charge in [-0.2, -0.15) is 0 Å². The third kappa shape index (κ3) is 5.26. The Labute approximate surface area is 141 Å². The fraction of sp³-hybridized carbons (Fsp3) is 0.650. The molecule has 1 aromatic carbocycles. The molecule has 0 spiro atoms. The number of benzene rings is 1. The highest BCUT2D eigenvalue weighted by Gasteiger charge is 2.26. The predicted molar refractivity (Wildman–Crippen MR) is 95.4 cm³/mol. The molecule has 1 N–H and O–H groups in total. The average molecular weight is 320 g/mol. The second-order valence-electron chi connectivity index (χ2n) is 7.53. The maximum atomic E-state index is 10.6. The molecule has 0 heterocycles. The van der Waals surface area contributed by atoms with E-state index in [0.29, 0.717) is 13.0 Å². The van der Waals surface area contributed by atoms with E-state index in [2.05, 4.69) is 59.7 Å². The zero-order valence-electron chi connectivity index (χ0n) is 15.5. The van der Waals surface area contributed by atoms with E-state index in [1.54, 1.807) is 0 Å². The van der Waals surface area contributed by atoms with Crippen molar-refractivity contribution in [2.45, 2.75) is 78.1 Å². The fourth-order valence-electron chi connectivity index (χ4n) is 2.41. The molecule has 1 rings (SSSR count). The lowest BCUT2D eigenvalue weighted by Crippen LogP contribution is -2.21. The Bertz CT molecular complexity index is 530. The van der Waals surface area contributed by atoms with E-state index in [1.807, 2.05) is 0 Å². The first kappa shape index (κ1) is 19.5. The summed E-state index contributed by atoms with van der Waals surface area (Å²) in [5, 5.41) is 8.73. The lowest BCUT2D eigenvalue weighted by molar-refractivity contribution is -0.137. The van der Waals surface area contributed by atoms with Gasteiger partial charge < -0.3 is 9.84 Å². The highest BCUT2D eigenvalue weighted by molar-refractivity contribution is 5.66. The van der Waals surface area contributed by atoms with Gasteiger partial charge in [0.1, 0.15) is 5.75 Å². The van der Waals surface area contributed by atoms with Crippen LogP contribution in [0.3, 0.4) is 0 Å². The smallest absolute Gasteiger partial charge is 0.303 e. The molecule has 0 radical (unpaired) electrons.